The largest absolute Gasteiger partial charge is 0.484 e. The zero-order chi connectivity index (χ0) is 21.8. The number of ether oxygens (including phenoxy) is 1. The third-order valence-corrected chi connectivity index (χ3v) is 7.03. The number of carbonyl (C=O) groups excluding carboxylic acids is 1. The van der Waals surface area contributed by atoms with Gasteiger partial charge in [0.25, 0.3) is 5.91 Å². The third kappa shape index (κ3) is 4.75. The molecule has 1 aromatic heterocycles. The van der Waals surface area contributed by atoms with Crippen molar-refractivity contribution in [3.05, 3.63) is 60.5 Å². The summed E-state index contributed by atoms with van der Waals surface area (Å²) >= 11 is 0. The number of carbonyl (C=O) groups is 1. The van der Waals surface area contributed by atoms with Gasteiger partial charge in [0.1, 0.15) is 5.75 Å². The Hall–Kier alpha value is -3.24. The van der Waals surface area contributed by atoms with E-state index in [0.717, 1.165) is 5.56 Å². The van der Waals surface area contributed by atoms with Gasteiger partial charge < -0.3 is 15.0 Å². The maximum absolute atomic E-state index is 12.8. The summed E-state index contributed by atoms with van der Waals surface area (Å²) in [7, 11) is -3.49. The van der Waals surface area contributed by atoms with E-state index in [1.54, 1.807) is 54.6 Å². The Labute approximate surface area is 179 Å². The summed E-state index contributed by atoms with van der Waals surface area (Å²) in [6, 6.07) is 15.4. The van der Waals surface area contributed by atoms with E-state index >= 15 is 0 Å². The normalized spacial score (nSPS) is 15.6. The van der Waals surface area contributed by atoms with Crippen LogP contribution in [0.3, 0.4) is 0 Å². The zero-order valence-corrected chi connectivity index (χ0v) is 17.5. The first-order chi connectivity index (χ1) is 14.9. The Morgan fingerprint density at radius 2 is 1.77 bits per heavy atom. The summed E-state index contributed by atoms with van der Waals surface area (Å²) in [6.07, 6.45) is 1.21. The van der Waals surface area contributed by atoms with Crippen molar-refractivity contribution in [1.82, 2.24) is 14.4 Å². The summed E-state index contributed by atoms with van der Waals surface area (Å²) in [5, 5.41) is 4.05. The number of primary amides is 1. The summed E-state index contributed by atoms with van der Waals surface area (Å²) in [5.74, 6) is 0.908. The molecule has 0 bridgehead atoms. The van der Waals surface area contributed by atoms with Crippen molar-refractivity contribution in [3.8, 4) is 17.1 Å². The Kier molecular flexibility index (Phi) is 6.01. The molecule has 10 heteroatoms. The van der Waals surface area contributed by atoms with Crippen LogP contribution in [0.15, 0.2) is 64.0 Å². The molecular weight excluding hydrogens is 420 g/mol. The van der Waals surface area contributed by atoms with Gasteiger partial charge in [-0.1, -0.05) is 23.4 Å². The van der Waals surface area contributed by atoms with Crippen LogP contribution in [0.1, 0.15) is 24.7 Å². The van der Waals surface area contributed by atoms with Crippen LogP contribution in [0.25, 0.3) is 11.4 Å². The van der Waals surface area contributed by atoms with Crippen LogP contribution in [-0.2, 0) is 14.8 Å². The number of nitrogens with zero attached hydrogens (tertiary/aromatic N) is 3. The molecule has 0 unspecified atom stereocenters. The smallest absolute Gasteiger partial charge is 0.255 e. The Morgan fingerprint density at radius 1 is 1.10 bits per heavy atom. The highest BCUT2D eigenvalue weighted by Crippen LogP contribution is 2.31. The molecule has 2 heterocycles. The summed E-state index contributed by atoms with van der Waals surface area (Å²) < 4.78 is 37.7. The Morgan fingerprint density at radius 3 is 2.42 bits per heavy atom. The lowest BCUT2D eigenvalue weighted by Gasteiger charge is -2.29. The SMILES string of the molecule is NC(=O)COc1ccc(-c2noc(C3CCN(S(=O)(=O)c4ccccc4)CC3)n2)cc1. The van der Waals surface area contributed by atoms with Crippen molar-refractivity contribution in [2.24, 2.45) is 5.73 Å². The highest BCUT2D eigenvalue weighted by atomic mass is 32.2. The van der Waals surface area contributed by atoms with Gasteiger partial charge in [0.05, 0.1) is 4.90 Å². The highest BCUT2D eigenvalue weighted by Gasteiger charge is 2.32. The average Bonchev–Trinajstić information content (AvgIpc) is 3.29. The number of aromatic nitrogens is 2. The van der Waals surface area contributed by atoms with Crippen LogP contribution < -0.4 is 10.5 Å². The molecule has 3 aromatic rings. The molecule has 1 aliphatic rings. The second kappa shape index (κ2) is 8.86. The van der Waals surface area contributed by atoms with Gasteiger partial charge >= 0.3 is 0 Å². The number of hydrogen-bond donors (Lipinski definition) is 1. The van der Waals surface area contributed by atoms with Crippen molar-refractivity contribution in [3.63, 3.8) is 0 Å². The van der Waals surface area contributed by atoms with Crippen LogP contribution in [0, 0.1) is 0 Å². The maximum atomic E-state index is 12.8. The molecule has 0 spiro atoms. The quantitative estimate of drug-likeness (QED) is 0.594. The van der Waals surface area contributed by atoms with Crippen LogP contribution in [0.4, 0.5) is 0 Å². The van der Waals surface area contributed by atoms with Gasteiger partial charge in [0, 0.05) is 24.6 Å². The van der Waals surface area contributed by atoms with Crippen LogP contribution >= 0.6 is 0 Å². The first-order valence-corrected chi connectivity index (χ1v) is 11.3. The predicted molar refractivity (Wildman–Crippen MR) is 112 cm³/mol. The molecule has 0 saturated carbocycles. The standard InChI is InChI=1S/C21H22N4O5S/c22-19(26)14-29-17-8-6-15(7-9-17)20-23-21(30-24-20)16-10-12-25(13-11-16)31(27,28)18-4-2-1-3-5-18/h1-9,16H,10-14H2,(H2,22,26). The molecule has 0 aliphatic carbocycles. The van der Waals surface area contributed by atoms with Gasteiger partial charge in [0.2, 0.25) is 21.7 Å². The van der Waals surface area contributed by atoms with E-state index < -0.39 is 15.9 Å². The van der Waals surface area contributed by atoms with Gasteiger partial charge in [-0.3, -0.25) is 4.79 Å². The van der Waals surface area contributed by atoms with E-state index in [1.807, 2.05) is 0 Å². The van der Waals surface area contributed by atoms with Crippen molar-refractivity contribution >= 4 is 15.9 Å². The van der Waals surface area contributed by atoms with E-state index in [2.05, 4.69) is 10.1 Å². The monoisotopic (exact) mass is 442 g/mol. The van der Waals surface area contributed by atoms with E-state index in [1.165, 1.54) is 4.31 Å². The van der Waals surface area contributed by atoms with Gasteiger partial charge in [-0.2, -0.15) is 9.29 Å². The number of hydrogen-bond acceptors (Lipinski definition) is 7. The predicted octanol–water partition coefficient (Wildman–Crippen LogP) is 2.17. The number of piperidine rings is 1. The van der Waals surface area contributed by atoms with Crippen molar-refractivity contribution in [2.45, 2.75) is 23.7 Å². The highest BCUT2D eigenvalue weighted by molar-refractivity contribution is 7.89. The third-order valence-electron chi connectivity index (χ3n) is 5.12. The first kappa shape index (κ1) is 21.0. The molecule has 1 saturated heterocycles. The van der Waals surface area contributed by atoms with Crippen LogP contribution in [0.2, 0.25) is 0 Å². The van der Waals surface area contributed by atoms with E-state index in [0.29, 0.717) is 48.3 Å². The maximum Gasteiger partial charge on any atom is 0.255 e. The van der Waals surface area contributed by atoms with Crippen LogP contribution in [0.5, 0.6) is 5.75 Å². The molecular formula is C21H22N4O5S. The Balaban J connectivity index is 1.39. The molecule has 1 amide bonds. The van der Waals surface area contributed by atoms with Gasteiger partial charge in [-0.25, -0.2) is 8.42 Å². The molecule has 0 atom stereocenters. The van der Waals surface area contributed by atoms with E-state index in [-0.39, 0.29) is 12.5 Å². The molecule has 2 N–H and O–H groups in total. The zero-order valence-electron chi connectivity index (χ0n) is 16.7. The topological polar surface area (TPSA) is 129 Å². The summed E-state index contributed by atoms with van der Waals surface area (Å²) in [4.78, 5) is 15.6. The second-order valence-electron chi connectivity index (χ2n) is 7.23. The molecule has 0 radical (unpaired) electrons. The second-order valence-corrected chi connectivity index (χ2v) is 9.16. The molecule has 31 heavy (non-hydrogen) atoms. The molecule has 2 aromatic carbocycles. The number of sulfonamides is 1. The fourth-order valence-electron chi connectivity index (χ4n) is 3.46. The van der Waals surface area contributed by atoms with E-state index in [9.17, 15) is 13.2 Å². The fraction of sp³-hybridized carbons (Fsp3) is 0.286. The minimum atomic E-state index is -3.49. The number of nitrogens with two attached hydrogens (primary N) is 1. The summed E-state index contributed by atoms with van der Waals surface area (Å²) in [5.41, 5.74) is 5.81. The Bertz CT molecular complexity index is 1140. The number of benzene rings is 2. The molecule has 1 fully saturated rings. The fourth-order valence-corrected chi connectivity index (χ4v) is 4.95. The van der Waals surface area contributed by atoms with Crippen molar-refractivity contribution in [2.75, 3.05) is 19.7 Å². The molecule has 1 aliphatic heterocycles. The number of amides is 1. The summed E-state index contributed by atoms with van der Waals surface area (Å²) in [6.45, 7) is 0.599. The lowest BCUT2D eigenvalue weighted by atomic mass is 9.98. The minimum Gasteiger partial charge on any atom is -0.484 e. The van der Waals surface area contributed by atoms with Gasteiger partial charge in [-0.15, -0.1) is 0 Å². The first-order valence-electron chi connectivity index (χ1n) is 9.84. The minimum absolute atomic E-state index is 0.00152. The molecule has 4 rings (SSSR count). The lowest BCUT2D eigenvalue weighted by Crippen LogP contribution is -2.37. The molecule has 162 valence electrons. The number of rotatable bonds is 7. The average molecular weight is 442 g/mol. The van der Waals surface area contributed by atoms with Crippen LogP contribution in [-0.4, -0.2) is 48.5 Å². The lowest BCUT2D eigenvalue weighted by molar-refractivity contribution is -0.119. The van der Waals surface area contributed by atoms with Gasteiger partial charge in [-0.05, 0) is 49.2 Å². The van der Waals surface area contributed by atoms with Gasteiger partial charge in [0.15, 0.2) is 6.61 Å². The van der Waals surface area contributed by atoms with Crippen molar-refractivity contribution in [1.29, 1.82) is 0 Å². The molecule has 9 nitrogen and oxygen atoms in total. The van der Waals surface area contributed by atoms with E-state index in [4.69, 9.17) is 15.0 Å². The van der Waals surface area contributed by atoms with Crippen molar-refractivity contribution < 1.29 is 22.5 Å².